The molecule has 0 unspecified atom stereocenters. The van der Waals surface area contributed by atoms with Crippen molar-refractivity contribution in [3.8, 4) is 0 Å². The first-order chi connectivity index (χ1) is 7.97. The van der Waals surface area contributed by atoms with Gasteiger partial charge in [0.15, 0.2) is 0 Å². The van der Waals surface area contributed by atoms with Crippen LogP contribution in [0.3, 0.4) is 0 Å². The first-order valence-electron chi connectivity index (χ1n) is 4.43. The number of carbonyl (C=O) groups is 1. The van der Waals surface area contributed by atoms with Gasteiger partial charge >= 0.3 is 0 Å². The molecule has 0 spiro atoms. The van der Waals surface area contributed by atoms with Crippen LogP contribution in [0, 0.1) is 5.82 Å². The molecule has 0 aliphatic rings. The van der Waals surface area contributed by atoms with E-state index in [1.165, 1.54) is 23.5 Å². The zero-order valence-corrected chi connectivity index (χ0v) is 13.7. The molecule has 0 N–H and O–H groups in total. The van der Waals surface area contributed by atoms with Crippen LogP contribution in [0.15, 0.2) is 37.0 Å². The largest absolute Gasteiger partial charge is 0.288 e. The molecule has 2 rings (SSSR count). The van der Waals surface area contributed by atoms with Gasteiger partial charge in [0, 0.05) is 14.5 Å². The van der Waals surface area contributed by atoms with Gasteiger partial charge in [0.2, 0.25) is 5.78 Å². The highest BCUT2D eigenvalue weighted by Gasteiger charge is 2.15. The van der Waals surface area contributed by atoms with Crippen molar-refractivity contribution in [2.24, 2.45) is 0 Å². The van der Waals surface area contributed by atoms with Crippen LogP contribution in [0.5, 0.6) is 0 Å². The lowest BCUT2D eigenvalue weighted by Crippen LogP contribution is -1.99. The van der Waals surface area contributed by atoms with Crippen molar-refractivity contribution < 1.29 is 9.18 Å². The fraction of sp³-hybridized carbons (Fsp3) is 0. The second-order valence-corrected chi connectivity index (χ2v) is 7.36. The van der Waals surface area contributed by atoms with E-state index in [4.69, 9.17) is 0 Å². The van der Waals surface area contributed by atoms with Crippen molar-refractivity contribution >= 4 is 64.9 Å². The van der Waals surface area contributed by atoms with Crippen molar-refractivity contribution in [1.29, 1.82) is 0 Å². The Hall–Kier alpha value is -0.0400. The third-order valence-electron chi connectivity index (χ3n) is 1.99. The molecule has 0 atom stereocenters. The van der Waals surface area contributed by atoms with Crippen LogP contribution in [0.4, 0.5) is 4.39 Å². The molecule has 0 amide bonds. The van der Waals surface area contributed by atoms with Crippen LogP contribution in [0.25, 0.3) is 0 Å². The summed E-state index contributed by atoms with van der Waals surface area (Å²) in [5, 5.41) is 0. The fourth-order valence-electron chi connectivity index (χ4n) is 1.29. The number of hydrogen-bond acceptors (Lipinski definition) is 2. The third kappa shape index (κ3) is 3.05. The van der Waals surface area contributed by atoms with E-state index in [1.54, 1.807) is 12.1 Å². The minimum Gasteiger partial charge on any atom is -0.288 e. The SMILES string of the molecule is O=C(c1cc(F)cc(Br)c1)c1cc(Br)c(Br)s1. The Balaban J connectivity index is 2.43. The van der Waals surface area contributed by atoms with Crippen molar-refractivity contribution in [3.63, 3.8) is 0 Å². The molecule has 0 fully saturated rings. The lowest BCUT2D eigenvalue weighted by molar-refractivity contribution is 0.104. The third-order valence-corrected chi connectivity index (χ3v) is 5.71. The normalized spacial score (nSPS) is 10.6. The van der Waals surface area contributed by atoms with Gasteiger partial charge in [-0.2, -0.15) is 0 Å². The average Bonchev–Trinajstić information content (AvgIpc) is 2.57. The number of thiophene rings is 1. The standard InChI is InChI=1S/C11H4Br3FOS/c12-6-1-5(2-7(15)3-6)10(16)9-4-8(13)11(14)17-9/h1-4H. The zero-order valence-electron chi connectivity index (χ0n) is 8.14. The predicted molar refractivity (Wildman–Crippen MR) is 77.3 cm³/mol. The van der Waals surface area contributed by atoms with Crippen LogP contribution in [-0.2, 0) is 0 Å². The summed E-state index contributed by atoms with van der Waals surface area (Å²) in [5.41, 5.74) is 0.332. The second kappa shape index (κ2) is 5.30. The van der Waals surface area contributed by atoms with Crippen LogP contribution in [-0.4, -0.2) is 5.78 Å². The van der Waals surface area contributed by atoms with E-state index in [1.807, 2.05) is 0 Å². The first-order valence-corrected chi connectivity index (χ1v) is 7.62. The maximum absolute atomic E-state index is 13.2. The van der Waals surface area contributed by atoms with Gasteiger partial charge in [0.05, 0.1) is 8.66 Å². The molecular weight excluding hydrogens is 439 g/mol. The summed E-state index contributed by atoms with van der Waals surface area (Å²) in [7, 11) is 0. The number of hydrogen-bond donors (Lipinski definition) is 0. The van der Waals surface area contributed by atoms with Crippen LogP contribution >= 0.6 is 59.1 Å². The number of benzene rings is 1. The van der Waals surface area contributed by atoms with Crippen LogP contribution in [0.1, 0.15) is 15.2 Å². The first kappa shape index (κ1) is 13.4. The fourth-order valence-corrected chi connectivity index (χ4v) is 3.75. The number of rotatable bonds is 2. The van der Waals surface area contributed by atoms with E-state index >= 15 is 0 Å². The van der Waals surface area contributed by atoms with Crippen molar-refractivity contribution in [2.45, 2.75) is 0 Å². The van der Waals surface area contributed by atoms with Gasteiger partial charge < -0.3 is 0 Å². The van der Waals surface area contributed by atoms with E-state index in [0.29, 0.717) is 14.9 Å². The van der Waals surface area contributed by atoms with E-state index in [0.717, 1.165) is 8.26 Å². The summed E-state index contributed by atoms with van der Waals surface area (Å²) < 4.78 is 15.4. The Bertz CT molecular complexity index is 555. The monoisotopic (exact) mass is 440 g/mol. The Morgan fingerprint density at radius 1 is 1.12 bits per heavy atom. The van der Waals surface area contributed by atoms with Crippen molar-refractivity contribution in [3.05, 3.63) is 53.3 Å². The van der Waals surface area contributed by atoms with Crippen LogP contribution < -0.4 is 0 Å². The zero-order chi connectivity index (χ0) is 12.6. The summed E-state index contributed by atoms with van der Waals surface area (Å²) >= 11 is 11.1. The molecule has 0 saturated heterocycles. The molecule has 0 aliphatic heterocycles. The molecule has 0 saturated carbocycles. The molecule has 1 nitrogen and oxygen atoms in total. The van der Waals surface area contributed by atoms with Gasteiger partial charge in [-0.1, -0.05) is 15.9 Å². The minimum absolute atomic E-state index is 0.193. The summed E-state index contributed by atoms with van der Waals surface area (Å²) in [6.45, 7) is 0. The number of halogens is 4. The van der Waals surface area contributed by atoms with Crippen molar-refractivity contribution in [1.82, 2.24) is 0 Å². The Morgan fingerprint density at radius 3 is 2.35 bits per heavy atom. The van der Waals surface area contributed by atoms with Crippen molar-refractivity contribution in [2.75, 3.05) is 0 Å². The minimum atomic E-state index is -0.433. The Kier molecular flexibility index (Phi) is 4.18. The highest BCUT2D eigenvalue weighted by Crippen LogP contribution is 2.33. The lowest BCUT2D eigenvalue weighted by Gasteiger charge is -1.99. The van der Waals surface area contributed by atoms with Gasteiger partial charge in [-0.3, -0.25) is 4.79 Å². The van der Waals surface area contributed by atoms with Gasteiger partial charge in [-0.25, -0.2) is 4.39 Å². The Morgan fingerprint density at radius 2 is 1.82 bits per heavy atom. The van der Waals surface area contributed by atoms with E-state index in [9.17, 15) is 9.18 Å². The van der Waals surface area contributed by atoms with E-state index in [2.05, 4.69) is 47.8 Å². The van der Waals surface area contributed by atoms with Gasteiger partial charge in [-0.15, -0.1) is 11.3 Å². The molecule has 0 aliphatic carbocycles. The average molecular weight is 443 g/mol. The number of ketones is 1. The Labute approximate surface area is 126 Å². The molecule has 2 aromatic rings. The lowest BCUT2D eigenvalue weighted by atomic mass is 10.1. The van der Waals surface area contributed by atoms with Crippen LogP contribution in [0.2, 0.25) is 0 Å². The summed E-state index contributed by atoms with van der Waals surface area (Å²) in [6, 6.07) is 5.87. The smallest absolute Gasteiger partial charge is 0.203 e. The van der Waals surface area contributed by atoms with Gasteiger partial charge in [-0.05, 0) is 56.1 Å². The highest BCUT2D eigenvalue weighted by molar-refractivity contribution is 9.13. The summed E-state index contributed by atoms with van der Waals surface area (Å²) in [4.78, 5) is 12.7. The number of carbonyl (C=O) groups excluding carboxylic acids is 1. The van der Waals surface area contributed by atoms with Gasteiger partial charge in [0.25, 0.3) is 0 Å². The van der Waals surface area contributed by atoms with E-state index in [-0.39, 0.29) is 5.78 Å². The summed E-state index contributed by atoms with van der Waals surface area (Å²) in [5.74, 6) is -0.626. The maximum atomic E-state index is 13.2. The molecular formula is C11H4Br3FOS. The molecule has 17 heavy (non-hydrogen) atoms. The molecule has 1 aromatic carbocycles. The molecule has 6 heteroatoms. The molecule has 0 bridgehead atoms. The molecule has 1 heterocycles. The molecule has 88 valence electrons. The second-order valence-electron chi connectivity index (χ2n) is 3.22. The van der Waals surface area contributed by atoms with E-state index < -0.39 is 5.82 Å². The summed E-state index contributed by atoms with van der Waals surface area (Å²) in [6.07, 6.45) is 0. The highest BCUT2D eigenvalue weighted by atomic mass is 79.9. The van der Waals surface area contributed by atoms with Gasteiger partial charge in [0.1, 0.15) is 5.82 Å². The molecule has 0 radical (unpaired) electrons. The molecule has 1 aromatic heterocycles. The topological polar surface area (TPSA) is 17.1 Å². The quantitative estimate of drug-likeness (QED) is 0.569. The predicted octanol–water partition coefficient (Wildman–Crippen LogP) is 5.41. The maximum Gasteiger partial charge on any atom is 0.203 e.